The second kappa shape index (κ2) is 4.45. The molecule has 0 radical (unpaired) electrons. The fraction of sp³-hybridized carbons (Fsp3) is 0.250. The summed E-state index contributed by atoms with van der Waals surface area (Å²) in [5.74, 6) is 5.12. The summed E-state index contributed by atoms with van der Waals surface area (Å²) in [4.78, 5) is 4.30. The number of hydrogen-bond donors (Lipinski definition) is 2. The van der Waals surface area contributed by atoms with Crippen LogP contribution in [0.3, 0.4) is 0 Å². The lowest BCUT2D eigenvalue weighted by Crippen LogP contribution is -2.08. The fourth-order valence-electron chi connectivity index (χ4n) is 1.77. The van der Waals surface area contributed by atoms with Gasteiger partial charge in [-0.3, -0.25) is 5.84 Å². The molecule has 3 N–H and O–H groups in total. The number of aromatic nitrogens is 1. The number of halogens is 1. The van der Waals surface area contributed by atoms with Crippen LogP contribution < -0.4 is 11.3 Å². The molecule has 16 heavy (non-hydrogen) atoms. The van der Waals surface area contributed by atoms with Crippen molar-refractivity contribution in [3.05, 3.63) is 35.8 Å². The van der Waals surface area contributed by atoms with Crippen molar-refractivity contribution in [3.8, 4) is 0 Å². The zero-order chi connectivity index (χ0) is 11.5. The Labute approximate surface area is 93.5 Å². The van der Waals surface area contributed by atoms with Crippen LogP contribution in [-0.4, -0.2) is 4.98 Å². The Kier molecular flexibility index (Phi) is 3.01. The van der Waals surface area contributed by atoms with Crippen LogP contribution >= 0.6 is 0 Å². The summed E-state index contributed by atoms with van der Waals surface area (Å²) in [6, 6.07) is 6.73. The standard InChI is InChI=1S/C12H14FN3/c1-2-4-8-7-11(16-14)9-5-3-6-10(13)12(9)15-8/h3,5-7H,2,4,14H2,1H3,(H,15,16). The van der Waals surface area contributed by atoms with E-state index in [2.05, 4.69) is 17.3 Å². The molecule has 0 amide bonds. The summed E-state index contributed by atoms with van der Waals surface area (Å²) >= 11 is 0. The molecule has 1 heterocycles. The van der Waals surface area contributed by atoms with Crippen molar-refractivity contribution in [2.24, 2.45) is 5.84 Å². The van der Waals surface area contributed by atoms with Crippen molar-refractivity contribution in [1.82, 2.24) is 4.98 Å². The van der Waals surface area contributed by atoms with Gasteiger partial charge in [-0.1, -0.05) is 25.5 Å². The van der Waals surface area contributed by atoms with Gasteiger partial charge in [0.15, 0.2) is 0 Å². The molecular weight excluding hydrogens is 205 g/mol. The van der Waals surface area contributed by atoms with Crippen molar-refractivity contribution in [3.63, 3.8) is 0 Å². The number of hydrazine groups is 1. The zero-order valence-electron chi connectivity index (χ0n) is 9.13. The van der Waals surface area contributed by atoms with Gasteiger partial charge in [-0.05, 0) is 18.6 Å². The van der Waals surface area contributed by atoms with Crippen LogP contribution in [0.15, 0.2) is 24.3 Å². The summed E-state index contributed by atoms with van der Waals surface area (Å²) in [7, 11) is 0. The van der Waals surface area contributed by atoms with E-state index in [0.717, 1.165) is 18.5 Å². The Bertz CT molecular complexity index is 511. The third-order valence-corrected chi connectivity index (χ3v) is 2.50. The van der Waals surface area contributed by atoms with Crippen molar-refractivity contribution >= 4 is 16.6 Å². The van der Waals surface area contributed by atoms with Crippen molar-refractivity contribution in [2.75, 3.05) is 5.43 Å². The van der Waals surface area contributed by atoms with E-state index >= 15 is 0 Å². The number of aryl methyl sites for hydroxylation is 1. The number of nitrogen functional groups attached to an aromatic ring is 1. The quantitative estimate of drug-likeness (QED) is 0.616. The lowest BCUT2D eigenvalue weighted by Gasteiger charge is -2.08. The van der Waals surface area contributed by atoms with E-state index in [-0.39, 0.29) is 5.82 Å². The summed E-state index contributed by atoms with van der Waals surface area (Å²) < 4.78 is 13.6. The van der Waals surface area contributed by atoms with Crippen LogP contribution in [-0.2, 0) is 6.42 Å². The van der Waals surface area contributed by atoms with Gasteiger partial charge < -0.3 is 5.43 Å². The SMILES string of the molecule is CCCc1cc(NN)c2cccc(F)c2n1. The fourth-order valence-corrected chi connectivity index (χ4v) is 1.77. The molecular formula is C12H14FN3. The Morgan fingerprint density at radius 2 is 2.25 bits per heavy atom. The highest BCUT2D eigenvalue weighted by molar-refractivity contribution is 5.91. The molecule has 1 aromatic carbocycles. The highest BCUT2D eigenvalue weighted by Crippen LogP contribution is 2.24. The molecule has 0 saturated carbocycles. The van der Waals surface area contributed by atoms with Gasteiger partial charge in [0, 0.05) is 11.1 Å². The van der Waals surface area contributed by atoms with E-state index in [1.54, 1.807) is 12.1 Å². The number of benzene rings is 1. The Morgan fingerprint density at radius 1 is 1.44 bits per heavy atom. The predicted octanol–water partition coefficient (Wildman–Crippen LogP) is 2.61. The van der Waals surface area contributed by atoms with Crippen molar-refractivity contribution in [2.45, 2.75) is 19.8 Å². The number of rotatable bonds is 3. The van der Waals surface area contributed by atoms with Crippen LogP contribution in [0.5, 0.6) is 0 Å². The van der Waals surface area contributed by atoms with Crippen LogP contribution in [0.1, 0.15) is 19.0 Å². The van der Waals surface area contributed by atoms with Gasteiger partial charge in [-0.25, -0.2) is 9.37 Å². The second-order valence-electron chi connectivity index (χ2n) is 3.69. The van der Waals surface area contributed by atoms with E-state index in [4.69, 9.17) is 5.84 Å². The Morgan fingerprint density at radius 3 is 2.94 bits per heavy atom. The monoisotopic (exact) mass is 219 g/mol. The maximum absolute atomic E-state index is 13.6. The first-order valence-corrected chi connectivity index (χ1v) is 5.31. The number of hydrogen-bond acceptors (Lipinski definition) is 3. The van der Waals surface area contributed by atoms with Gasteiger partial charge in [0.2, 0.25) is 0 Å². The van der Waals surface area contributed by atoms with Crippen molar-refractivity contribution in [1.29, 1.82) is 0 Å². The molecule has 2 rings (SSSR count). The number of nitrogens with two attached hydrogens (primary N) is 1. The molecule has 4 heteroatoms. The summed E-state index contributed by atoms with van der Waals surface area (Å²) in [6.45, 7) is 2.06. The topological polar surface area (TPSA) is 50.9 Å². The summed E-state index contributed by atoms with van der Waals surface area (Å²) in [5, 5.41) is 0.711. The Hall–Kier alpha value is -1.68. The number of para-hydroxylation sites is 1. The van der Waals surface area contributed by atoms with Crippen molar-refractivity contribution < 1.29 is 4.39 Å². The van der Waals surface area contributed by atoms with E-state index in [0.29, 0.717) is 16.6 Å². The van der Waals surface area contributed by atoms with Crippen LogP contribution in [0.4, 0.5) is 10.1 Å². The minimum absolute atomic E-state index is 0.313. The van der Waals surface area contributed by atoms with Gasteiger partial charge >= 0.3 is 0 Å². The molecule has 0 spiro atoms. The molecule has 2 aromatic rings. The third kappa shape index (κ3) is 1.84. The van der Waals surface area contributed by atoms with Gasteiger partial charge in [0.1, 0.15) is 11.3 Å². The van der Waals surface area contributed by atoms with Gasteiger partial charge in [0.05, 0.1) is 5.69 Å². The maximum atomic E-state index is 13.6. The Balaban J connectivity index is 2.69. The average molecular weight is 219 g/mol. The number of anilines is 1. The van der Waals surface area contributed by atoms with Gasteiger partial charge in [-0.2, -0.15) is 0 Å². The van der Waals surface area contributed by atoms with Crippen LogP contribution in [0.25, 0.3) is 10.9 Å². The normalized spacial score (nSPS) is 10.7. The van der Waals surface area contributed by atoms with E-state index in [9.17, 15) is 4.39 Å². The van der Waals surface area contributed by atoms with Gasteiger partial charge in [-0.15, -0.1) is 0 Å². The molecule has 0 atom stereocenters. The predicted molar refractivity (Wildman–Crippen MR) is 63.5 cm³/mol. The molecule has 0 saturated heterocycles. The largest absolute Gasteiger partial charge is 0.323 e. The number of fused-ring (bicyclic) bond motifs is 1. The summed E-state index contributed by atoms with van der Waals surface area (Å²) in [5.41, 5.74) is 4.54. The van der Waals surface area contributed by atoms with E-state index in [1.165, 1.54) is 6.07 Å². The third-order valence-electron chi connectivity index (χ3n) is 2.50. The number of nitrogens with zero attached hydrogens (tertiary/aromatic N) is 1. The molecule has 1 aromatic heterocycles. The van der Waals surface area contributed by atoms with E-state index < -0.39 is 0 Å². The molecule has 0 aliphatic heterocycles. The smallest absolute Gasteiger partial charge is 0.149 e. The van der Waals surface area contributed by atoms with E-state index in [1.807, 2.05) is 6.07 Å². The molecule has 0 bridgehead atoms. The zero-order valence-corrected chi connectivity index (χ0v) is 9.13. The molecule has 84 valence electrons. The number of nitrogens with one attached hydrogen (secondary N) is 1. The van der Waals surface area contributed by atoms with Gasteiger partial charge in [0.25, 0.3) is 0 Å². The first-order chi connectivity index (χ1) is 7.76. The highest BCUT2D eigenvalue weighted by atomic mass is 19.1. The molecule has 0 aliphatic carbocycles. The number of pyridine rings is 1. The van der Waals surface area contributed by atoms with Crippen LogP contribution in [0.2, 0.25) is 0 Å². The maximum Gasteiger partial charge on any atom is 0.149 e. The minimum Gasteiger partial charge on any atom is -0.323 e. The first-order valence-electron chi connectivity index (χ1n) is 5.31. The molecule has 0 aliphatic rings. The summed E-state index contributed by atoms with van der Waals surface area (Å²) in [6.07, 6.45) is 1.79. The lowest BCUT2D eigenvalue weighted by atomic mass is 10.1. The lowest BCUT2D eigenvalue weighted by molar-refractivity contribution is 0.636. The highest BCUT2D eigenvalue weighted by Gasteiger charge is 2.08. The average Bonchev–Trinajstić information content (AvgIpc) is 2.30. The first kappa shape index (κ1) is 10.8. The molecule has 0 unspecified atom stereocenters. The van der Waals surface area contributed by atoms with Crippen LogP contribution in [0, 0.1) is 5.82 Å². The second-order valence-corrected chi connectivity index (χ2v) is 3.69. The molecule has 3 nitrogen and oxygen atoms in total. The molecule has 0 fully saturated rings. The minimum atomic E-state index is -0.313.